The third-order valence-corrected chi connectivity index (χ3v) is 9.63. The first-order valence-corrected chi connectivity index (χ1v) is 10.0. The molecule has 1 saturated heterocycles. The predicted octanol–water partition coefficient (Wildman–Crippen LogP) is 4.48. The molecule has 1 heterocycles. The molecule has 3 atom stereocenters. The normalized spacial score (nSPS) is 69.8. The standard InChI is InChI=1S/C20H28O2/c1-12-2-14-3-13(1)6-18(5-12,7-14)19-8-15-4-16(9-19)11-20(10-15)17(19)21-22-20/h12-17H,1-11H2. The maximum Gasteiger partial charge on any atom is 0.134 e. The Labute approximate surface area is 133 Å². The van der Waals surface area contributed by atoms with Crippen molar-refractivity contribution in [3.63, 3.8) is 0 Å². The van der Waals surface area contributed by atoms with Crippen LogP contribution in [0.15, 0.2) is 0 Å². The summed E-state index contributed by atoms with van der Waals surface area (Å²) in [6, 6.07) is 0. The van der Waals surface area contributed by atoms with E-state index < -0.39 is 0 Å². The zero-order valence-corrected chi connectivity index (χ0v) is 13.6. The Hall–Kier alpha value is -0.0800. The van der Waals surface area contributed by atoms with Gasteiger partial charge in [0.25, 0.3) is 0 Å². The van der Waals surface area contributed by atoms with Crippen molar-refractivity contribution in [3.05, 3.63) is 0 Å². The summed E-state index contributed by atoms with van der Waals surface area (Å²) in [5, 5.41) is 0. The molecular weight excluding hydrogens is 272 g/mol. The Morgan fingerprint density at radius 3 is 1.64 bits per heavy atom. The third kappa shape index (κ3) is 1.17. The van der Waals surface area contributed by atoms with Crippen LogP contribution in [0.4, 0.5) is 0 Å². The fraction of sp³-hybridized carbons (Fsp3) is 1.00. The average molecular weight is 300 g/mol. The van der Waals surface area contributed by atoms with Gasteiger partial charge in [-0.15, -0.1) is 0 Å². The van der Waals surface area contributed by atoms with Gasteiger partial charge in [-0.25, -0.2) is 9.78 Å². The second-order valence-corrected chi connectivity index (χ2v) is 10.8. The Balaban J connectivity index is 1.39. The SMILES string of the molecule is C1C2CC3CC1CC(C14CC5CC(CC6(C5)OOC61)C4)(C2)C3. The molecule has 8 bridgehead atoms. The summed E-state index contributed by atoms with van der Waals surface area (Å²) in [5.41, 5.74) is 1.35. The first-order chi connectivity index (χ1) is 10.7. The van der Waals surface area contributed by atoms with Crippen LogP contribution in [-0.4, -0.2) is 11.7 Å². The molecule has 2 nitrogen and oxygen atoms in total. The van der Waals surface area contributed by atoms with Gasteiger partial charge in [0, 0.05) is 5.41 Å². The molecule has 3 unspecified atom stereocenters. The van der Waals surface area contributed by atoms with E-state index in [4.69, 9.17) is 9.78 Å². The lowest BCUT2D eigenvalue weighted by atomic mass is 9.33. The molecule has 9 aliphatic rings. The van der Waals surface area contributed by atoms with Crippen molar-refractivity contribution in [3.8, 4) is 0 Å². The van der Waals surface area contributed by atoms with Crippen LogP contribution >= 0.6 is 0 Å². The van der Waals surface area contributed by atoms with Gasteiger partial charge in [-0.3, -0.25) is 0 Å². The lowest BCUT2D eigenvalue weighted by Gasteiger charge is -2.76. The largest absolute Gasteiger partial charge is 0.229 e. The molecule has 1 aliphatic heterocycles. The molecular formula is C20H28O2. The van der Waals surface area contributed by atoms with Crippen LogP contribution in [0.3, 0.4) is 0 Å². The van der Waals surface area contributed by atoms with Crippen LogP contribution in [0.5, 0.6) is 0 Å². The van der Waals surface area contributed by atoms with Gasteiger partial charge in [0.05, 0.1) is 0 Å². The molecule has 1 spiro atoms. The van der Waals surface area contributed by atoms with E-state index in [0.717, 1.165) is 29.6 Å². The van der Waals surface area contributed by atoms with Crippen LogP contribution in [0, 0.1) is 40.4 Å². The minimum Gasteiger partial charge on any atom is -0.229 e. The van der Waals surface area contributed by atoms with Gasteiger partial charge in [-0.2, -0.15) is 0 Å². The minimum absolute atomic E-state index is 0.174. The highest BCUT2D eigenvalue weighted by atomic mass is 17.3. The van der Waals surface area contributed by atoms with Gasteiger partial charge in [0.2, 0.25) is 0 Å². The summed E-state index contributed by atoms with van der Waals surface area (Å²) in [6.45, 7) is 0. The van der Waals surface area contributed by atoms with Gasteiger partial charge in [-0.05, 0) is 106 Å². The molecule has 0 aromatic rings. The van der Waals surface area contributed by atoms with Crippen LogP contribution in [-0.2, 0) is 9.78 Å². The molecule has 9 fully saturated rings. The third-order valence-electron chi connectivity index (χ3n) is 9.63. The maximum absolute atomic E-state index is 5.95. The summed E-state index contributed by atoms with van der Waals surface area (Å²) < 4.78 is 0. The Morgan fingerprint density at radius 1 is 0.591 bits per heavy atom. The minimum atomic E-state index is 0.174. The molecule has 9 rings (SSSR count). The maximum atomic E-state index is 5.95. The topological polar surface area (TPSA) is 18.5 Å². The smallest absolute Gasteiger partial charge is 0.134 e. The first-order valence-electron chi connectivity index (χ1n) is 10.0. The van der Waals surface area contributed by atoms with E-state index in [1.54, 1.807) is 38.5 Å². The lowest BCUT2D eigenvalue weighted by molar-refractivity contribution is -0.567. The highest BCUT2D eigenvalue weighted by Crippen LogP contribution is 2.77. The van der Waals surface area contributed by atoms with Gasteiger partial charge >= 0.3 is 0 Å². The molecule has 0 aromatic heterocycles. The molecule has 0 radical (unpaired) electrons. The quantitative estimate of drug-likeness (QED) is 0.665. The molecule has 2 heteroatoms. The molecule has 8 aliphatic carbocycles. The summed E-state index contributed by atoms with van der Waals surface area (Å²) >= 11 is 0. The van der Waals surface area contributed by atoms with E-state index in [2.05, 4.69) is 0 Å². The highest BCUT2D eigenvalue weighted by Gasteiger charge is 2.77. The summed E-state index contributed by atoms with van der Waals surface area (Å²) in [4.78, 5) is 11.8. The summed E-state index contributed by atoms with van der Waals surface area (Å²) in [5.74, 6) is 5.12. The predicted molar refractivity (Wildman–Crippen MR) is 81.8 cm³/mol. The first kappa shape index (κ1) is 12.3. The van der Waals surface area contributed by atoms with Crippen molar-refractivity contribution in [2.75, 3.05) is 0 Å². The number of hydrogen-bond donors (Lipinski definition) is 0. The van der Waals surface area contributed by atoms with Crippen molar-refractivity contribution in [2.45, 2.75) is 82.3 Å². The molecule has 0 amide bonds. The van der Waals surface area contributed by atoms with E-state index >= 15 is 0 Å². The molecule has 0 aromatic carbocycles. The van der Waals surface area contributed by atoms with Crippen molar-refractivity contribution in [1.82, 2.24) is 0 Å². The Kier molecular flexibility index (Phi) is 1.94. The van der Waals surface area contributed by atoms with Crippen LogP contribution in [0.1, 0.15) is 70.6 Å². The summed E-state index contributed by atoms with van der Waals surface area (Å²) in [6.07, 6.45) is 17.0. The fourth-order valence-corrected chi connectivity index (χ4v) is 9.88. The fourth-order valence-electron chi connectivity index (χ4n) is 9.88. The van der Waals surface area contributed by atoms with E-state index in [0.29, 0.717) is 16.9 Å². The van der Waals surface area contributed by atoms with Crippen LogP contribution in [0.25, 0.3) is 0 Å². The van der Waals surface area contributed by atoms with Gasteiger partial charge in [0.1, 0.15) is 11.7 Å². The van der Waals surface area contributed by atoms with Gasteiger partial charge < -0.3 is 0 Å². The second-order valence-electron chi connectivity index (χ2n) is 10.8. The van der Waals surface area contributed by atoms with E-state index in [9.17, 15) is 0 Å². The van der Waals surface area contributed by atoms with Crippen LogP contribution in [0.2, 0.25) is 0 Å². The van der Waals surface area contributed by atoms with Gasteiger partial charge in [0.15, 0.2) is 0 Å². The Bertz CT molecular complexity index is 503. The van der Waals surface area contributed by atoms with E-state index in [1.807, 2.05) is 0 Å². The lowest BCUT2D eigenvalue weighted by Crippen LogP contribution is -2.77. The zero-order valence-electron chi connectivity index (χ0n) is 13.6. The molecule has 120 valence electrons. The van der Waals surface area contributed by atoms with Crippen molar-refractivity contribution >= 4 is 0 Å². The molecule has 8 saturated carbocycles. The van der Waals surface area contributed by atoms with Crippen molar-refractivity contribution in [1.29, 1.82) is 0 Å². The highest BCUT2D eigenvalue weighted by molar-refractivity contribution is 5.23. The van der Waals surface area contributed by atoms with E-state index in [1.165, 1.54) is 32.1 Å². The molecule has 0 N–H and O–H groups in total. The number of rotatable bonds is 1. The van der Waals surface area contributed by atoms with E-state index in [-0.39, 0.29) is 5.60 Å². The Morgan fingerprint density at radius 2 is 1.14 bits per heavy atom. The molecule has 22 heavy (non-hydrogen) atoms. The second kappa shape index (κ2) is 3.47. The average Bonchev–Trinajstić information content (AvgIpc) is 2.42. The monoisotopic (exact) mass is 300 g/mol. The zero-order chi connectivity index (χ0) is 14.2. The van der Waals surface area contributed by atoms with Crippen molar-refractivity contribution < 1.29 is 9.78 Å². The van der Waals surface area contributed by atoms with Crippen molar-refractivity contribution in [2.24, 2.45) is 40.4 Å². The van der Waals surface area contributed by atoms with Gasteiger partial charge in [-0.1, -0.05) is 0 Å². The van der Waals surface area contributed by atoms with Crippen LogP contribution < -0.4 is 0 Å². The number of hydrogen-bond acceptors (Lipinski definition) is 2. The summed E-state index contributed by atoms with van der Waals surface area (Å²) in [7, 11) is 0.